The first-order valence-electron chi connectivity index (χ1n) is 9.48. The first kappa shape index (κ1) is 17.9. The highest BCUT2D eigenvalue weighted by molar-refractivity contribution is 6.41. The number of benzene rings is 1. The number of hydrogen-bond acceptors (Lipinski definition) is 2. The Kier molecular flexibility index (Phi) is 4.78. The van der Waals surface area contributed by atoms with Crippen LogP contribution in [0.15, 0.2) is 18.3 Å². The van der Waals surface area contributed by atoms with Crippen LogP contribution >= 0.6 is 11.6 Å². The van der Waals surface area contributed by atoms with Crippen LogP contribution in [-0.2, 0) is 6.54 Å². The van der Waals surface area contributed by atoms with E-state index in [1.807, 2.05) is 4.57 Å². The highest BCUT2D eigenvalue weighted by Crippen LogP contribution is 2.49. The van der Waals surface area contributed by atoms with Crippen molar-refractivity contribution in [2.45, 2.75) is 45.1 Å². The number of rotatable bonds is 5. The molecule has 1 heterocycles. The molecule has 1 amide bonds. The van der Waals surface area contributed by atoms with Crippen LogP contribution in [-0.4, -0.2) is 36.6 Å². The van der Waals surface area contributed by atoms with E-state index in [0.29, 0.717) is 28.0 Å². The number of nitrogens with one attached hydrogen (secondary N) is 1. The number of amides is 1. The van der Waals surface area contributed by atoms with Crippen LogP contribution in [0.4, 0.5) is 0 Å². The zero-order valence-electron chi connectivity index (χ0n) is 14.9. The standard InChI is InChI=1S/C20H24BClN2O2/c21-14-9-16(22)18-15(11-24(7-8-25)17(18)10-14)19(26)23-12-20-4-1-13(2-5-20)3-6-20/h9-11,13,25H,1-8,12H2,(H,23,26). The summed E-state index contributed by atoms with van der Waals surface area (Å²) >= 11 is 6.40. The van der Waals surface area contributed by atoms with Gasteiger partial charge in [-0.3, -0.25) is 4.79 Å². The van der Waals surface area contributed by atoms with E-state index < -0.39 is 0 Å². The summed E-state index contributed by atoms with van der Waals surface area (Å²) in [5.74, 6) is 0.814. The van der Waals surface area contributed by atoms with Crippen LogP contribution < -0.4 is 10.8 Å². The molecule has 2 N–H and O–H groups in total. The molecule has 0 saturated heterocycles. The highest BCUT2D eigenvalue weighted by Gasteiger charge is 2.40. The van der Waals surface area contributed by atoms with Gasteiger partial charge in [0, 0.05) is 30.2 Å². The minimum atomic E-state index is -0.0968. The fraction of sp³-hybridized carbons (Fsp3) is 0.550. The van der Waals surface area contributed by atoms with E-state index >= 15 is 0 Å². The Bertz CT molecular complexity index is 826. The van der Waals surface area contributed by atoms with Crippen LogP contribution in [0.25, 0.3) is 10.9 Å². The minimum absolute atomic E-state index is 0.0124. The smallest absolute Gasteiger partial charge is 0.253 e. The number of aromatic nitrogens is 1. The molecule has 0 spiro atoms. The van der Waals surface area contributed by atoms with Gasteiger partial charge in [-0.25, -0.2) is 0 Å². The Balaban J connectivity index is 1.60. The quantitative estimate of drug-likeness (QED) is 0.795. The van der Waals surface area contributed by atoms with E-state index in [4.69, 9.17) is 19.4 Å². The summed E-state index contributed by atoms with van der Waals surface area (Å²) in [4.78, 5) is 13.0. The van der Waals surface area contributed by atoms with E-state index in [9.17, 15) is 9.90 Å². The zero-order valence-corrected chi connectivity index (χ0v) is 15.7. The third kappa shape index (κ3) is 3.16. The van der Waals surface area contributed by atoms with Gasteiger partial charge in [0.2, 0.25) is 0 Å². The van der Waals surface area contributed by atoms with Crippen LogP contribution in [0, 0.1) is 11.3 Å². The number of nitrogens with zero attached hydrogens (tertiary/aromatic N) is 1. The molecule has 0 aliphatic heterocycles. The predicted molar refractivity (Wildman–Crippen MR) is 105 cm³/mol. The molecule has 26 heavy (non-hydrogen) atoms. The lowest BCUT2D eigenvalue weighted by molar-refractivity contribution is 0.0598. The SMILES string of the molecule is [B]c1cc(Cl)c2c(C(=O)NCC34CCC(CC3)CC4)cn(CCO)c2c1. The normalized spacial score (nSPS) is 24.9. The van der Waals surface area contributed by atoms with Gasteiger partial charge in [0.25, 0.3) is 5.91 Å². The molecule has 3 fully saturated rings. The molecule has 136 valence electrons. The van der Waals surface area contributed by atoms with Gasteiger partial charge in [-0.1, -0.05) is 17.1 Å². The molecule has 2 aromatic rings. The van der Waals surface area contributed by atoms with Gasteiger partial charge < -0.3 is 15.0 Å². The Morgan fingerprint density at radius 1 is 1.31 bits per heavy atom. The van der Waals surface area contributed by atoms with E-state index in [1.165, 1.54) is 38.5 Å². The Morgan fingerprint density at radius 2 is 2.00 bits per heavy atom. The average Bonchev–Trinajstić information content (AvgIpc) is 3.00. The third-order valence-electron chi connectivity index (χ3n) is 6.41. The lowest BCUT2D eigenvalue weighted by atomic mass is 9.61. The summed E-state index contributed by atoms with van der Waals surface area (Å²) in [6.07, 6.45) is 9.35. The molecule has 1 aromatic heterocycles. The number of halogens is 1. The molecular formula is C20H24BClN2O2. The lowest BCUT2D eigenvalue weighted by Crippen LogP contribution is -2.43. The van der Waals surface area contributed by atoms with Gasteiger partial charge in [-0.05, 0) is 62.0 Å². The van der Waals surface area contributed by atoms with Crippen molar-refractivity contribution >= 4 is 41.7 Å². The Morgan fingerprint density at radius 3 is 2.65 bits per heavy atom. The minimum Gasteiger partial charge on any atom is -0.395 e. The van der Waals surface area contributed by atoms with Crippen molar-refractivity contribution in [1.29, 1.82) is 0 Å². The Labute approximate surface area is 160 Å². The summed E-state index contributed by atoms with van der Waals surface area (Å²) < 4.78 is 1.84. The number of aliphatic hydroxyl groups is 1. The molecule has 3 saturated carbocycles. The number of carbonyl (C=O) groups excluding carboxylic acids is 1. The van der Waals surface area contributed by atoms with Crippen LogP contribution in [0.5, 0.6) is 0 Å². The summed E-state index contributed by atoms with van der Waals surface area (Å²) in [6, 6.07) is 3.47. The van der Waals surface area contributed by atoms with Crippen molar-refractivity contribution in [3.63, 3.8) is 0 Å². The summed E-state index contributed by atoms with van der Waals surface area (Å²) in [5, 5.41) is 13.7. The van der Waals surface area contributed by atoms with Gasteiger partial charge in [0.15, 0.2) is 0 Å². The molecule has 4 nitrogen and oxygen atoms in total. The van der Waals surface area contributed by atoms with E-state index in [2.05, 4.69) is 5.32 Å². The van der Waals surface area contributed by atoms with Crippen LogP contribution in [0.1, 0.15) is 48.9 Å². The maximum Gasteiger partial charge on any atom is 0.253 e. The maximum absolute atomic E-state index is 13.0. The van der Waals surface area contributed by atoms with E-state index in [0.717, 1.165) is 18.0 Å². The van der Waals surface area contributed by atoms with Gasteiger partial charge in [-0.2, -0.15) is 0 Å². The first-order chi connectivity index (χ1) is 12.5. The second kappa shape index (κ2) is 6.93. The summed E-state index contributed by atoms with van der Waals surface area (Å²) in [5.41, 5.74) is 2.16. The number of hydrogen-bond donors (Lipinski definition) is 2. The number of fused-ring (bicyclic) bond motifs is 4. The molecule has 2 radical (unpaired) electrons. The Hall–Kier alpha value is -1.46. The van der Waals surface area contributed by atoms with Crippen molar-refractivity contribution in [3.8, 4) is 0 Å². The third-order valence-corrected chi connectivity index (χ3v) is 6.71. The molecule has 0 atom stereocenters. The van der Waals surface area contributed by atoms with E-state index in [-0.39, 0.29) is 17.9 Å². The van der Waals surface area contributed by atoms with Gasteiger partial charge in [0.05, 0.1) is 17.2 Å². The first-order valence-corrected chi connectivity index (χ1v) is 9.86. The van der Waals surface area contributed by atoms with Crippen molar-refractivity contribution < 1.29 is 9.90 Å². The molecule has 0 unspecified atom stereocenters. The molecule has 6 heteroatoms. The number of carbonyl (C=O) groups is 1. The van der Waals surface area contributed by atoms with Gasteiger partial charge >= 0.3 is 0 Å². The fourth-order valence-corrected chi connectivity index (χ4v) is 5.15. The van der Waals surface area contributed by atoms with Crippen molar-refractivity contribution in [2.75, 3.05) is 13.2 Å². The molecule has 5 rings (SSSR count). The number of aliphatic hydroxyl groups excluding tert-OH is 1. The zero-order chi connectivity index (χ0) is 18.3. The highest BCUT2D eigenvalue weighted by atomic mass is 35.5. The average molecular weight is 371 g/mol. The predicted octanol–water partition coefficient (Wildman–Crippen LogP) is 2.78. The van der Waals surface area contributed by atoms with Crippen molar-refractivity contribution in [2.24, 2.45) is 11.3 Å². The largest absolute Gasteiger partial charge is 0.395 e. The topological polar surface area (TPSA) is 54.3 Å². The second-order valence-electron chi connectivity index (χ2n) is 8.02. The van der Waals surface area contributed by atoms with Gasteiger partial charge in [0.1, 0.15) is 7.85 Å². The van der Waals surface area contributed by atoms with E-state index in [1.54, 1.807) is 18.3 Å². The lowest BCUT2D eigenvalue weighted by Gasteiger charge is -2.46. The van der Waals surface area contributed by atoms with Crippen LogP contribution in [0.2, 0.25) is 5.02 Å². The monoisotopic (exact) mass is 370 g/mol. The summed E-state index contributed by atoms with van der Waals surface area (Å²) in [7, 11) is 5.91. The van der Waals surface area contributed by atoms with Crippen LogP contribution in [0.3, 0.4) is 0 Å². The molecule has 2 bridgehead atoms. The van der Waals surface area contributed by atoms with Crippen molar-refractivity contribution in [3.05, 3.63) is 28.9 Å². The van der Waals surface area contributed by atoms with Crippen molar-refractivity contribution in [1.82, 2.24) is 9.88 Å². The fourth-order valence-electron chi connectivity index (χ4n) is 4.83. The molecular weight excluding hydrogens is 346 g/mol. The molecule has 3 aliphatic carbocycles. The molecule has 3 aliphatic rings. The summed E-state index contributed by atoms with van der Waals surface area (Å²) in [6.45, 7) is 1.12. The molecule has 1 aromatic carbocycles. The second-order valence-corrected chi connectivity index (χ2v) is 8.43. The maximum atomic E-state index is 13.0. The van der Waals surface area contributed by atoms with Gasteiger partial charge in [-0.15, -0.1) is 0 Å².